The molecule has 0 fully saturated rings. The Kier molecular flexibility index (Phi) is 3.95. The zero-order valence-corrected chi connectivity index (χ0v) is 17.3. The van der Waals surface area contributed by atoms with Crippen molar-refractivity contribution < 1.29 is 0 Å². The minimum absolute atomic E-state index is 0.129. The largest absolute Gasteiger partial charge is 0.302 e. The predicted molar refractivity (Wildman–Crippen MR) is 122 cm³/mol. The summed E-state index contributed by atoms with van der Waals surface area (Å²) in [6.07, 6.45) is 6.72. The number of hydrogen-bond donors (Lipinski definition) is 0. The van der Waals surface area contributed by atoms with Crippen LogP contribution >= 0.6 is 0 Å². The highest BCUT2D eigenvalue weighted by Gasteiger charge is 2.49. The van der Waals surface area contributed by atoms with Crippen LogP contribution in [0.4, 0.5) is 23.0 Å². The molecule has 4 nitrogen and oxygen atoms in total. The van der Waals surface area contributed by atoms with Crippen LogP contribution in [-0.2, 0) is 12.8 Å². The predicted octanol–water partition coefficient (Wildman–Crippen LogP) is 5.89. The van der Waals surface area contributed by atoms with E-state index in [0.717, 1.165) is 24.5 Å². The van der Waals surface area contributed by atoms with Gasteiger partial charge in [0.05, 0.1) is 11.4 Å². The van der Waals surface area contributed by atoms with Gasteiger partial charge in [0.2, 0.25) is 0 Å². The number of benzene rings is 2. The van der Waals surface area contributed by atoms with Gasteiger partial charge in [0.25, 0.3) is 0 Å². The van der Waals surface area contributed by atoms with E-state index in [0.29, 0.717) is 5.92 Å². The highest BCUT2D eigenvalue weighted by atomic mass is 15.5. The minimum atomic E-state index is 0.129. The Labute approximate surface area is 177 Å². The number of para-hydroxylation sites is 2. The average molecular weight is 395 g/mol. The molecule has 0 bridgehead atoms. The first kappa shape index (κ1) is 17.7. The number of nitrogens with zero attached hydrogens (tertiary/aromatic N) is 4. The third-order valence-electron chi connectivity index (χ3n) is 6.96. The van der Waals surface area contributed by atoms with Crippen molar-refractivity contribution in [1.82, 2.24) is 9.97 Å². The van der Waals surface area contributed by atoms with E-state index in [4.69, 9.17) is 9.97 Å². The summed E-state index contributed by atoms with van der Waals surface area (Å²) in [4.78, 5) is 15.3. The van der Waals surface area contributed by atoms with E-state index in [1.54, 1.807) is 0 Å². The van der Waals surface area contributed by atoms with E-state index in [-0.39, 0.29) is 12.1 Å². The fourth-order valence-corrected chi connectivity index (χ4v) is 5.55. The summed E-state index contributed by atoms with van der Waals surface area (Å²) in [6.45, 7) is 6.52. The van der Waals surface area contributed by atoms with Crippen LogP contribution < -0.4 is 9.80 Å². The maximum Gasteiger partial charge on any atom is 0.178 e. The lowest BCUT2D eigenvalue weighted by atomic mass is 9.80. The monoisotopic (exact) mass is 394 g/mol. The lowest BCUT2D eigenvalue weighted by Gasteiger charge is -2.44. The molecule has 30 heavy (non-hydrogen) atoms. The normalized spacial score (nSPS) is 24.0. The molecule has 3 aromatic rings. The van der Waals surface area contributed by atoms with Crippen LogP contribution in [0, 0.1) is 5.92 Å². The maximum atomic E-state index is 5.23. The number of allylic oxidation sites excluding steroid dienone is 1. The van der Waals surface area contributed by atoms with Crippen LogP contribution in [0.5, 0.6) is 0 Å². The first-order valence-electron chi connectivity index (χ1n) is 11.0. The molecular weight excluding hydrogens is 368 g/mol. The van der Waals surface area contributed by atoms with E-state index in [2.05, 4.69) is 84.0 Å². The van der Waals surface area contributed by atoms with Crippen LogP contribution in [-0.4, -0.2) is 16.1 Å². The van der Waals surface area contributed by atoms with E-state index < -0.39 is 0 Å². The van der Waals surface area contributed by atoms with Gasteiger partial charge in [0.15, 0.2) is 11.6 Å². The quantitative estimate of drug-likeness (QED) is 0.507. The number of anilines is 4. The zero-order valence-electron chi connectivity index (χ0n) is 17.3. The molecule has 0 spiro atoms. The van der Waals surface area contributed by atoms with Crippen LogP contribution in [0.3, 0.4) is 0 Å². The van der Waals surface area contributed by atoms with Crippen LogP contribution in [0.25, 0.3) is 0 Å². The third-order valence-corrected chi connectivity index (χ3v) is 6.96. The zero-order chi connectivity index (χ0) is 20.2. The van der Waals surface area contributed by atoms with E-state index in [1.807, 2.05) is 0 Å². The van der Waals surface area contributed by atoms with Crippen molar-refractivity contribution in [2.24, 2.45) is 5.92 Å². The Bertz CT molecular complexity index is 1120. The van der Waals surface area contributed by atoms with Crippen LogP contribution in [0.1, 0.15) is 42.6 Å². The molecule has 4 heteroatoms. The summed E-state index contributed by atoms with van der Waals surface area (Å²) in [5.74, 6) is 2.63. The molecular formula is C26H26N4. The molecule has 0 amide bonds. The first-order chi connectivity index (χ1) is 14.8. The molecule has 1 aliphatic carbocycles. The van der Waals surface area contributed by atoms with Gasteiger partial charge in [-0.25, -0.2) is 9.97 Å². The van der Waals surface area contributed by atoms with Crippen LogP contribution in [0.15, 0.2) is 67.3 Å². The molecule has 0 radical (unpaired) electrons. The Morgan fingerprint density at radius 3 is 2.20 bits per heavy atom. The van der Waals surface area contributed by atoms with Gasteiger partial charge in [-0.2, -0.15) is 0 Å². The van der Waals surface area contributed by atoms with Crippen molar-refractivity contribution >= 4 is 23.0 Å². The number of fused-ring (bicyclic) bond motifs is 6. The summed E-state index contributed by atoms with van der Waals surface area (Å²) >= 11 is 0. The second-order valence-corrected chi connectivity index (χ2v) is 8.64. The molecule has 3 atom stereocenters. The van der Waals surface area contributed by atoms with Crippen molar-refractivity contribution in [3.05, 3.63) is 84.2 Å². The second kappa shape index (κ2) is 6.69. The molecule has 3 heterocycles. The number of aromatic nitrogens is 2. The molecule has 3 unspecified atom stereocenters. The summed E-state index contributed by atoms with van der Waals surface area (Å²) in [6, 6.07) is 19.4. The average Bonchev–Trinajstić information content (AvgIpc) is 3.13. The lowest BCUT2D eigenvalue weighted by molar-refractivity contribution is 0.408. The number of rotatable bonds is 2. The lowest BCUT2D eigenvalue weighted by Crippen LogP contribution is -2.48. The summed E-state index contributed by atoms with van der Waals surface area (Å²) in [5, 5.41) is 0. The fraction of sp³-hybridized carbons (Fsp3) is 0.308. The third kappa shape index (κ3) is 2.40. The van der Waals surface area contributed by atoms with Gasteiger partial charge in [-0.05, 0) is 49.4 Å². The molecule has 2 aliphatic heterocycles. The van der Waals surface area contributed by atoms with Crippen molar-refractivity contribution in [3.8, 4) is 0 Å². The Morgan fingerprint density at radius 2 is 1.50 bits per heavy atom. The molecule has 2 aromatic carbocycles. The molecule has 1 aromatic heterocycles. The van der Waals surface area contributed by atoms with Gasteiger partial charge in [-0.1, -0.05) is 49.4 Å². The van der Waals surface area contributed by atoms with E-state index >= 15 is 0 Å². The van der Waals surface area contributed by atoms with Gasteiger partial charge in [0.1, 0.15) is 6.17 Å². The van der Waals surface area contributed by atoms with Crippen LogP contribution in [0.2, 0.25) is 0 Å². The first-order valence-corrected chi connectivity index (χ1v) is 11.0. The standard InChI is InChI=1S/C26H26N4/c1-3-19-17(2)26-29(18-11-5-4-6-12-18)24-25(28-22-15-9-8-14-21(22)27-24)30(26)23-16-10-7-13-20(19)23/h3-7,10-13,16-17,19,26H,1,8-9,14-15H2,2H3. The van der Waals surface area contributed by atoms with Crippen molar-refractivity contribution in [1.29, 1.82) is 0 Å². The molecule has 0 N–H and O–H groups in total. The van der Waals surface area contributed by atoms with E-state index in [9.17, 15) is 0 Å². The van der Waals surface area contributed by atoms with E-state index in [1.165, 1.54) is 41.2 Å². The minimum Gasteiger partial charge on any atom is -0.302 e. The SMILES string of the molecule is C=CC1c2ccccc2N2c3nc4c(nc3N(c3ccccc3)C2C1C)CCCC4. The van der Waals surface area contributed by atoms with Gasteiger partial charge in [-0.15, -0.1) is 6.58 Å². The summed E-state index contributed by atoms with van der Waals surface area (Å²) in [7, 11) is 0. The highest BCUT2D eigenvalue weighted by molar-refractivity contribution is 5.86. The van der Waals surface area contributed by atoms with Crippen molar-refractivity contribution in [2.75, 3.05) is 9.80 Å². The Balaban J connectivity index is 1.63. The Hall–Kier alpha value is -3.14. The van der Waals surface area contributed by atoms with Crippen molar-refractivity contribution in [2.45, 2.75) is 44.7 Å². The fourth-order valence-electron chi connectivity index (χ4n) is 5.55. The molecule has 0 saturated heterocycles. The van der Waals surface area contributed by atoms with Gasteiger partial charge in [-0.3, -0.25) is 0 Å². The maximum absolute atomic E-state index is 5.23. The topological polar surface area (TPSA) is 32.3 Å². The van der Waals surface area contributed by atoms with Gasteiger partial charge < -0.3 is 9.80 Å². The number of hydrogen-bond acceptors (Lipinski definition) is 4. The van der Waals surface area contributed by atoms with Crippen molar-refractivity contribution in [3.63, 3.8) is 0 Å². The highest BCUT2D eigenvalue weighted by Crippen LogP contribution is 2.55. The number of aryl methyl sites for hydroxylation is 2. The molecule has 3 aliphatic rings. The molecule has 6 rings (SSSR count). The molecule has 0 saturated carbocycles. The molecule has 150 valence electrons. The second-order valence-electron chi connectivity index (χ2n) is 8.64. The summed E-state index contributed by atoms with van der Waals surface area (Å²) in [5.41, 5.74) is 6.10. The van der Waals surface area contributed by atoms with Gasteiger partial charge >= 0.3 is 0 Å². The smallest absolute Gasteiger partial charge is 0.178 e. The van der Waals surface area contributed by atoms with Gasteiger partial charge in [0, 0.05) is 23.2 Å². The summed E-state index contributed by atoms with van der Waals surface area (Å²) < 4.78 is 0. The Morgan fingerprint density at radius 1 is 0.867 bits per heavy atom.